The third-order valence-electron chi connectivity index (χ3n) is 4.54. The van der Waals surface area contributed by atoms with Crippen LogP contribution in [0, 0.1) is 11.6 Å². The zero-order valence-corrected chi connectivity index (χ0v) is 15.3. The van der Waals surface area contributed by atoms with Crippen molar-refractivity contribution in [1.82, 2.24) is 4.90 Å². The molecule has 0 atom stereocenters. The van der Waals surface area contributed by atoms with Crippen molar-refractivity contribution in [2.24, 2.45) is 4.99 Å². The predicted molar refractivity (Wildman–Crippen MR) is 105 cm³/mol. The normalized spacial score (nSPS) is 19.0. The van der Waals surface area contributed by atoms with Gasteiger partial charge in [-0.2, -0.15) is 4.99 Å². The minimum atomic E-state index is -0.370. The maximum atomic E-state index is 13.9. The van der Waals surface area contributed by atoms with Crippen LogP contribution in [0.5, 0.6) is 0 Å². The van der Waals surface area contributed by atoms with E-state index in [1.54, 1.807) is 30.3 Å². The lowest BCUT2D eigenvalue weighted by Gasteiger charge is -2.36. The number of rotatable bonds is 2. The average molecular weight is 385 g/mol. The first kappa shape index (κ1) is 17.7. The zero-order chi connectivity index (χ0) is 18.8. The summed E-state index contributed by atoms with van der Waals surface area (Å²) in [7, 11) is 0. The van der Waals surface area contributed by atoms with Crippen molar-refractivity contribution in [3.63, 3.8) is 0 Å². The molecule has 0 aromatic heterocycles. The van der Waals surface area contributed by atoms with Crippen molar-refractivity contribution < 1.29 is 13.6 Å². The minimum Gasteiger partial charge on any atom is -0.366 e. The monoisotopic (exact) mass is 385 g/mol. The van der Waals surface area contributed by atoms with Gasteiger partial charge in [0.2, 0.25) is 0 Å². The number of piperazine rings is 1. The Kier molecular flexibility index (Phi) is 4.94. The molecule has 2 aromatic carbocycles. The quantitative estimate of drug-likeness (QED) is 0.738. The first-order chi connectivity index (χ1) is 13.1. The summed E-state index contributed by atoms with van der Waals surface area (Å²) in [4.78, 5) is 20.7. The fourth-order valence-electron chi connectivity index (χ4n) is 3.11. The van der Waals surface area contributed by atoms with E-state index in [2.05, 4.69) is 4.99 Å². The summed E-state index contributed by atoms with van der Waals surface area (Å²) in [5, 5.41) is 0.621. The Balaban J connectivity index is 1.43. The van der Waals surface area contributed by atoms with E-state index in [0.29, 0.717) is 47.5 Å². The Hall–Kier alpha value is -2.67. The lowest BCUT2D eigenvalue weighted by Crippen LogP contribution is -2.48. The van der Waals surface area contributed by atoms with E-state index < -0.39 is 0 Å². The molecule has 4 nitrogen and oxygen atoms in total. The Morgan fingerprint density at radius 1 is 0.889 bits per heavy atom. The number of halogens is 2. The summed E-state index contributed by atoms with van der Waals surface area (Å²) in [6.07, 6.45) is 1.54. The maximum absolute atomic E-state index is 13.9. The van der Waals surface area contributed by atoms with Crippen LogP contribution in [-0.2, 0) is 4.79 Å². The highest BCUT2D eigenvalue weighted by molar-refractivity contribution is 8.18. The van der Waals surface area contributed by atoms with Crippen LogP contribution >= 0.6 is 11.8 Å². The van der Waals surface area contributed by atoms with Crippen LogP contribution in [0.15, 0.2) is 58.4 Å². The van der Waals surface area contributed by atoms with Crippen LogP contribution < -0.4 is 4.90 Å². The molecule has 0 saturated carbocycles. The highest BCUT2D eigenvalue weighted by Gasteiger charge is 2.29. The Morgan fingerprint density at radius 3 is 2.22 bits per heavy atom. The van der Waals surface area contributed by atoms with Crippen molar-refractivity contribution in [3.05, 3.63) is 70.6 Å². The molecule has 2 aromatic rings. The summed E-state index contributed by atoms with van der Waals surface area (Å²) in [6.45, 7) is 2.56. The fourth-order valence-corrected chi connectivity index (χ4v) is 4.07. The van der Waals surface area contributed by atoms with Crippen LogP contribution in [0.4, 0.5) is 14.5 Å². The molecule has 1 amide bonds. The number of carbonyl (C=O) groups is 1. The third kappa shape index (κ3) is 3.73. The Labute approximate surface area is 160 Å². The van der Waals surface area contributed by atoms with Gasteiger partial charge >= 0.3 is 0 Å². The van der Waals surface area contributed by atoms with Crippen molar-refractivity contribution in [1.29, 1.82) is 0 Å². The van der Waals surface area contributed by atoms with Gasteiger partial charge in [0, 0.05) is 31.7 Å². The van der Waals surface area contributed by atoms with Crippen molar-refractivity contribution >= 4 is 34.6 Å². The zero-order valence-electron chi connectivity index (χ0n) is 14.4. The van der Waals surface area contributed by atoms with Crippen molar-refractivity contribution in [2.75, 3.05) is 31.1 Å². The van der Waals surface area contributed by atoms with Crippen molar-refractivity contribution in [2.45, 2.75) is 0 Å². The van der Waals surface area contributed by atoms with E-state index in [-0.39, 0.29) is 17.5 Å². The van der Waals surface area contributed by atoms with Gasteiger partial charge in [0.25, 0.3) is 5.91 Å². The molecule has 0 aliphatic carbocycles. The van der Waals surface area contributed by atoms with Crippen LogP contribution in [-0.4, -0.2) is 42.2 Å². The van der Waals surface area contributed by atoms with E-state index in [4.69, 9.17) is 0 Å². The summed E-state index contributed by atoms with van der Waals surface area (Å²) < 4.78 is 27.8. The highest BCUT2D eigenvalue weighted by Crippen LogP contribution is 2.31. The van der Waals surface area contributed by atoms with Crippen LogP contribution in [0.3, 0.4) is 0 Å². The molecule has 27 heavy (non-hydrogen) atoms. The van der Waals surface area contributed by atoms with Crippen LogP contribution in [0.2, 0.25) is 0 Å². The molecule has 138 valence electrons. The van der Waals surface area contributed by atoms with E-state index >= 15 is 0 Å². The molecule has 4 rings (SSSR count). The van der Waals surface area contributed by atoms with Gasteiger partial charge in [-0.05, 0) is 36.0 Å². The second-order valence-electron chi connectivity index (χ2n) is 6.26. The van der Waals surface area contributed by atoms with E-state index in [0.717, 1.165) is 0 Å². The number of anilines is 1. The molecule has 0 spiro atoms. The number of amidine groups is 1. The first-order valence-electron chi connectivity index (χ1n) is 8.63. The number of benzene rings is 2. The molecule has 1 saturated heterocycles. The molecule has 2 aliphatic heterocycles. The van der Waals surface area contributed by atoms with Gasteiger partial charge in [0.15, 0.2) is 5.17 Å². The largest absolute Gasteiger partial charge is 0.366 e. The first-order valence-corrected chi connectivity index (χ1v) is 9.45. The number of aliphatic imine (C=N–C) groups is 1. The van der Waals surface area contributed by atoms with Crippen LogP contribution in [0.1, 0.15) is 5.56 Å². The fraction of sp³-hybridized carbons (Fsp3) is 0.200. The standard InChI is InChI=1S/C20H17F2N3OS/c21-15-6-2-1-5-14(15)13-18-19(26)23-20(27-18)25-11-9-24(10-12-25)17-8-4-3-7-16(17)22/h1-8,13H,9-12H2. The molecule has 7 heteroatoms. The number of carbonyl (C=O) groups excluding carboxylic acids is 1. The topological polar surface area (TPSA) is 35.9 Å². The third-order valence-corrected chi connectivity index (χ3v) is 5.59. The van der Waals surface area contributed by atoms with Gasteiger partial charge in [-0.15, -0.1) is 0 Å². The molecular formula is C20H17F2N3OS. The lowest BCUT2D eigenvalue weighted by atomic mass is 10.2. The van der Waals surface area contributed by atoms with Crippen molar-refractivity contribution in [3.8, 4) is 0 Å². The highest BCUT2D eigenvalue weighted by atomic mass is 32.2. The summed E-state index contributed by atoms with van der Waals surface area (Å²) >= 11 is 1.26. The van der Waals surface area contributed by atoms with Gasteiger partial charge in [0.1, 0.15) is 11.6 Å². The molecule has 0 N–H and O–H groups in total. The summed E-state index contributed by atoms with van der Waals surface area (Å²) in [5.41, 5.74) is 0.962. The molecule has 0 unspecified atom stereocenters. The maximum Gasteiger partial charge on any atom is 0.286 e. The van der Waals surface area contributed by atoms with Gasteiger partial charge < -0.3 is 9.80 Å². The molecule has 0 radical (unpaired) electrons. The molecule has 1 fully saturated rings. The summed E-state index contributed by atoms with van der Waals surface area (Å²) in [5.74, 6) is -0.955. The van der Waals surface area contributed by atoms with Gasteiger partial charge in [-0.1, -0.05) is 30.3 Å². The Morgan fingerprint density at radius 2 is 1.52 bits per heavy atom. The number of hydrogen-bond donors (Lipinski definition) is 0. The number of nitrogens with zero attached hydrogens (tertiary/aromatic N) is 3. The SMILES string of the molecule is O=C1N=C(N2CCN(c3ccccc3F)CC2)SC1=Cc1ccccc1F. The van der Waals surface area contributed by atoms with Gasteiger partial charge in [-0.25, -0.2) is 8.78 Å². The van der Waals surface area contributed by atoms with E-state index in [1.807, 2.05) is 15.9 Å². The second-order valence-corrected chi connectivity index (χ2v) is 7.27. The molecule has 2 aliphatic rings. The average Bonchev–Trinajstić information content (AvgIpc) is 3.05. The van der Waals surface area contributed by atoms with E-state index in [9.17, 15) is 13.6 Å². The molecule has 0 bridgehead atoms. The number of amides is 1. The van der Waals surface area contributed by atoms with Gasteiger partial charge in [-0.3, -0.25) is 4.79 Å². The van der Waals surface area contributed by atoms with Crippen LogP contribution in [0.25, 0.3) is 6.08 Å². The molecule has 2 heterocycles. The lowest BCUT2D eigenvalue weighted by molar-refractivity contribution is -0.113. The smallest absolute Gasteiger partial charge is 0.286 e. The number of para-hydroxylation sites is 1. The summed E-state index contributed by atoms with van der Waals surface area (Å²) in [6, 6.07) is 13.0. The predicted octanol–water partition coefficient (Wildman–Crippen LogP) is 3.76. The second kappa shape index (κ2) is 7.52. The number of hydrogen-bond acceptors (Lipinski definition) is 4. The Bertz CT molecular complexity index is 936. The minimum absolute atomic E-state index is 0.233. The van der Waals surface area contributed by atoms with E-state index in [1.165, 1.54) is 30.0 Å². The van der Waals surface area contributed by atoms with Gasteiger partial charge in [0.05, 0.1) is 10.6 Å². The number of thioether (sulfide) groups is 1. The molecular weight excluding hydrogens is 368 g/mol.